The molecular formula is C19H23ClN2O3S. The van der Waals surface area contributed by atoms with E-state index >= 15 is 0 Å². The zero-order valence-corrected chi connectivity index (χ0v) is 16.8. The molecule has 0 spiro atoms. The number of methoxy groups -OCH3 is 1. The monoisotopic (exact) mass is 394 g/mol. The maximum atomic E-state index is 12.6. The highest BCUT2D eigenvalue weighted by Gasteiger charge is 2.20. The Balaban J connectivity index is 2.21. The number of nitrogens with two attached hydrogens (primary N) is 1. The molecule has 0 radical (unpaired) electrons. The van der Waals surface area contributed by atoms with E-state index in [1.165, 1.54) is 19.2 Å². The molecule has 0 saturated carbocycles. The lowest BCUT2D eigenvalue weighted by Crippen LogP contribution is -2.23. The third-order valence-corrected chi connectivity index (χ3v) is 6.02. The van der Waals surface area contributed by atoms with Crippen LogP contribution in [0.15, 0.2) is 36.4 Å². The number of carbonyl (C=O) groups excluding carboxylic acids is 1. The molecule has 26 heavy (non-hydrogen) atoms. The van der Waals surface area contributed by atoms with Crippen molar-refractivity contribution in [3.63, 3.8) is 0 Å². The molecule has 0 fully saturated rings. The highest BCUT2D eigenvalue weighted by molar-refractivity contribution is 7.85. The zero-order valence-electron chi connectivity index (χ0n) is 15.3. The third kappa shape index (κ3) is 4.99. The van der Waals surface area contributed by atoms with Gasteiger partial charge in [-0.3, -0.25) is 9.00 Å². The largest absolute Gasteiger partial charge is 0.496 e. The highest BCUT2D eigenvalue weighted by Crippen LogP contribution is 2.29. The average Bonchev–Trinajstić information content (AvgIpc) is 2.56. The normalized spacial score (nSPS) is 12.5. The van der Waals surface area contributed by atoms with Crippen molar-refractivity contribution in [2.75, 3.05) is 18.2 Å². The summed E-state index contributed by atoms with van der Waals surface area (Å²) in [6.45, 7) is 5.81. The van der Waals surface area contributed by atoms with Crippen LogP contribution >= 0.6 is 11.6 Å². The van der Waals surface area contributed by atoms with Gasteiger partial charge in [-0.1, -0.05) is 23.7 Å². The van der Waals surface area contributed by atoms with Gasteiger partial charge in [-0.05, 0) is 44.5 Å². The van der Waals surface area contributed by atoms with Gasteiger partial charge >= 0.3 is 0 Å². The van der Waals surface area contributed by atoms with Crippen molar-refractivity contribution in [1.82, 2.24) is 0 Å². The number of halogens is 1. The van der Waals surface area contributed by atoms with Crippen LogP contribution in [0.2, 0.25) is 5.02 Å². The van der Waals surface area contributed by atoms with Gasteiger partial charge in [0.1, 0.15) is 5.75 Å². The van der Waals surface area contributed by atoms with Gasteiger partial charge in [0, 0.05) is 33.1 Å². The van der Waals surface area contributed by atoms with Crippen molar-refractivity contribution in [2.24, 2.45) is 0 Å². The van der Waals surface area contributed by atoms with Gasteiger partial charge in [-0.15, -0.1) is 0 Å². The molecule has 1 atom stereocenters. The average molecular weight is 395 g/mol. The number of nitrogens with one attached hydrogen (secondary N) is 1. The SMILES string of the molecule is COc1cc(N)c(Cl)cc1C(=O)Nc1cccc(CS(=O)C(C)(C)C)c1. The van der Waals surface area contributed by atoms with Crippen molar-refractivity contribution in [2.45, 2.75) is 31.3 Å². The van der Waals surface area contributed by atoms with Crippen molar-refractivity contribution in [3.8, 4) is 5.75 Å². The molecule has 0 aliphatic rings. The summed E-state index contributed by atoms with van der Waals surface area (Å²) < 4.78 is 17.2. The van der Waals surface area contributed by atoms with E-state index in [1.807, 2.05) is 39.0 Å². The molecule has 0 bridgehead atoms. The summed E-state index contributed by atoms with van der Waals surface area (Å²) in [5.41, 5.74) is 7.87. The Morgan fingerprint density at radius 2 is 1.96 bits per heavy atom. The fourth-order valence-corrected chi connectivity index (χ4v) is 3.30. The summed E-state index contributed by atoms with van der Waals surface area (Å²) in [5.74, 6) is 0.400. The van der Waals surface area contributed by atoms with Crippen molar-refractivity contribution in [3.05, 3.63) is 52.5 Å². The van der Waals surface area contributed by atoms with E-state index in [-0.39, 0.29) is 21.2 Å². The molecule has 2 rings (SSSR count). The van der Waals surface area contributed by atoms with Gasteiger partial charge in [-0.25, -0.2) is 0 Å². The number of hydrogen-bond donors (Lipinski definition) is 2. The van der Waals surface area contributed by atoms with Gasteiger partial charge < -0.3 is 15.8 Å². The number of ether oxygens (including phenoxy) is 1. The fraction of sp³-hybridized carbons (Fsp3) is 0.316. The molecule has 0 heterocycles. The lowest BCUT2D eigenvalue weighted by atomic mass is 10.1. The van der Waals surface area contributed by atoms with Crippen LogP contribution in [0, 0.1) is 0 Å². The Hall–Kier alpha value is -2.05. The van der Waals surface area contributed by atoms with Crippen molar-refractivity contribution >= 4 is 39.7 Å². The number of carbonyl (C=O) groups is 1. The van der Waals surface area contributed by atoms with Gasteiger partial charge in [0.2, 0.25) is 0 Å². The van der Waals surface area contributed by atoms with Crippen LogP contribution in [0.3, 0.4) is 0 Å². The van der Waals surface area contributed by atoms with E-state index in [1.54, 1.807) is 6.07 Å². The van der Waals surface area contributed by atoms with Gasteiger partial charge in [0.25, 0.3) is 5.91 Å². The first-order chi connectivity index (χ1) is 12.1. The van der Waals surface area contributed by atoms with Crippen LogP contribution in [-0.2, 0) is 16.6 Å². The minimum Gasteiger partial charge on any atom is -0.496 e. The molecule has 0 saturated heterocycles. The van der Waals surface area contributed by atoms with Gasteiger partial charge in [-0.2, -0.15) is 0 Å². The van der Waals surface area contributed by atoms with Crippen LogP contribution in [-0.4, -0.2) is 22.0 Å². The summed E-state index contributed by atoms with van der Waals surface area (Å²) in [7, 11) is 0.440. The van der Waals surface area contributed by atoms with Crippen molar-refractivity contribution < 1.29 is 13.7 Å². The second-order valence-corrected chi connectivity index (χ2v) is 9.44. The maximum Gasteiger partial charge on any atom is 0.259 e. The van der Waals surface area contributed by atoms with E-state index < -0.39 is 10.8 Å². The van der Waals surface area contributed by atoms with Crippen LogP contribution in [0.5, 0.6) is 5.75 Å². The van der Waals surface area contributed by atoms with Crippen LogP contribution in [0.4, 0.5) is 11.4 Å². The van der Waals surface area contributed by atoms with Gasteiger partial charge in [0.15, 0.2) is 0 Å². The number of anilines is 2. The lowest BCUT2D eigenvalue weighted by Gasteiger charge is -2.18. The van der Waals surface area contributed by atoms with Crippen LogP contribution in [0.25, 0.3) is 0 Å². The van der Waals surface area contributed by atoms with E-state index in [2.05, 4.69) is 5.32 Å². The molecule has 1 amide bonds. The first-order valence-electron chi connectivity index (χ1n) is 8.03. The second kappa shape index (κ2) is 8.10. The molecule has 2 aromatic carbocycles. The minimum absolute atomic E-state index is 0.283. The summed E-state index contributed by atoms with van der Waals surface area (Å²) in [5, 5.41) is 3.10. The summed E-state index contributed by atoms with van der Waals surface area (Å²) >= 11 is 6.02. The summed E-state index contributed by atoms with van der Waals surface area (Å²) in [4.78, 5) is 12.6. The first-order valence-corrected chi connectivity index (χ1v) is 9.73. The van der Waals surface area contributed by atoms with Crippen LogP contribution in [0.1, 0.15) is 36.7 Å². The molecule has 0 aliphatic heterocycles. The smallest absolute Gasteiger partial charge is 0.259 e. The Kier molecular flexibility index (Phi) is 6.31. The molecule has 3 N–H and O–H groups in total. The molecule has 0 aromatic heterocycles. The van der Waals surface area contributed by atoms with Crippen LogP contribution < -0.4 is 15.8 Å². The Morgan fingerprint density at radius 3 is 2.58 bits per heavy atom. The predicted molar refractivity (Wildman–Crippen MR) is 108 cm³/mol. The number of hydrogen-bond acceptors (Lipinski definition) is 4. The molecule has 140 valence electrons. The lowest BCUT2D eigenvalue weighted by molar-refractivity contribution is 0.102. The van der Waals surface area contributed by atoms with E-state index in [0.29, 0.717) is 22.9 Å². The molecule has 1 unspecified atom stereocenters. The number of nitrogen functional groups attached to an aromatic ring is 1. The zero-order chi connectivity index (χ0) is 19.5. The van der Waals surface area contributed by atoms with E-state index in [0.717, 1.165) is 5.56 Å². The van der Waals surface area contributed by atoms with Crippen molar-refractivity contribution in [1.29, 1.82) is 0 Å². The molecular weight excluding hydrogens is 372 g/mol. The van der Waals surface area contributed by atoms with E-state index in [9.17, 15) is 9.00 Å². The topological polar surface area (TPSA) is 81.4 Å². The Morgan fingerprint density at radius 1 is 1.27 bits per heavy atom. The second-order valence-electron chi connectivity index (χ2n) is 6.83. The number of rotatable bonds is 5. The first kappa shape index (κ1) is 20.3. The quantitative estimate of drug-likeness (QED) is 0.743. The Labute approximate surface area is 161 Å². The summed E-state index contributed by atoms with van der Waals surface area (Å²) in [6, 6.07) is 10.3. The summed E-state index contributed by atoms with van der Waals surface area (Å²) in [6.07, 6.45) is 0. The van der Waals surface area contributed by atoms with E-state index in [4.69, 9.17) is 22.1 Å². The molecule has 0 aliphatic carbocycles. The molecule has 5 nitrogen and oxygen atoms in total. The third-order valence-electron chi connectivity index (χ3n) is 3.73. The maximum absolute atomic E-state index is 12.6. The molecule has 7 heteroatoms. The number of amides is 1. The standard InChI is InChI=1S/C19H23ClN2O3S/c1-19(2,3)26(24)11-12-6-5-7-13(8-12)22-18(23)14-9-15(20)16(21)10-17(14)25-4/h5-10H,11,21H2,1-4H3,(H,22,23). The molecule has 2 aromatic rings. The van der Waals surface area contributed by atoms with Gasteiger partial charge in [0.05, 0.1) is 23.4 Å². The fourth-order valence-electron chi connectivity index (χ4n) is 2.22. The number of benzene rings is 2. The predicted octanol–water partition coefficient (Wildman–Crippen LogP) is 4.23. The minimum atomic E-state index is -1.02. The highest BCUT2D eigenvalue weighted by atomic mass is 35.5. The Bertz CT molecular complexity index is 847.